The van der Waals surface area contributed by atoms with Crippen molar-refractivity contribution >= 4 is 0 Å². The van der Waals surface area contributed by atoms with Crippen LogP contribution in [0.25, 0.3) is 0 Å². The van der Waals surface area contributed by atoms with Gasteiger partial charge in [-0.1, -0.05) is 0 Å². The molecule has 18 heavy (non-hydrogen) atoms. The highest BCUT2D eigenvalue weighted by molar-refractivity contribution is 5.38. The van der Waals surface area contributed by atoms with Gasteiger partial charge in [0.2, 0.25) is 0 Å². The van der Waals surface area contributed by atoms with Crippen LogP contribution in [0.15, 0.2) is 30.1 Å². The van der Waals surface area contributed by atoms with Crippen LogP contribution in [0.2, 0.25) is 0 Å². The lowest BCUT2D eigenvalue weighted by atomic mass is 10.0. The molecular weight excluding hydrogens is 230 g/mol. The number of hydrogen-bond donors (Lipinski definition) is 3. The first kappa shape index (κ1) is 12.6. The highest BCUT2D eigenvalue weighted by Crippen LogP contribution is 2.23. The zero-order valence-electron chi connectivity index (χ0n) is 10.7. The molecule has 0 fully saturated rings. The first-order valence-electron chi connectivity index (χ1n) is 5.92. The Balaban J connectivity index is 2.00. The van der Waals surface area contributed by atoms with Gasteiger partial charge in [0.05, 0.1) is 14.2 Å². The van der Waals surface area contributed by atoms with Gasteiger partial charge < -0.3 is 20.6 Å². The first-order chi connectivity index (χ1) is 8.71. The molecule has 0 bridgehead atoms. The second kappa shape index (κ2) is 5.64. The molecule has 1 atom stereocenters. The van der Waals surface area contributed by atoms with Crippen LogP contribution in [0.1, 0.15) is 12.0 Å². The predicted octanol–water partition coefficient (Wildman–Crippen LogP) is 0.913. The maximum atomic E-state index is 5.63. The quantitative estimate of drug-likeness (QED) is 0.724. The molecule has 5 heteroatoms. The van der Waals surface area contributed by atoms with Crippen molar-refractivity contribution in [3.05, 3.63) is 35.7 Å². The summed E-state index contributed by atoms with van der Waals surface area (Å²) in [5.74, 6) is 2.32. The fourth-order valence-electron chi connectivity index (χ4n) is 1.96. The monoisotopic (exact) mass is 249 g/mol. The molecule has 1 aliphatic rings. The third-order valence-electron chi connectivity index (χ3n) is 2.94. The number of ether oxygens (including phenoxy) is 2. The van der Waals surface area contributed by atoms with E-state index in [0.29, 0.717) is 5.82 Å². The van der Waals surface area contributed by atoms with E-state index in [1.807, 2.05) is 24.3 Å². The standard InChI is InChI=1S/C13H19N3O2/c1-17-11-5-9(6-12(8-11)18-2)3-4-10-7-13(14)16-15-10/h5-8,10,15-16H,3-4,14H2,1-2H3. The lowest BCUT2D eigenvalue weighted by molar-refractivity contribution is 0.393. The molecule has 0 spiro atoms. The van der Waals surface area contributed by atoms with Gasteiger partial charge in [0.15, 0.2) is 0 Å². The zero-order valence-corrected chi connectivity index (χ0v) is 10.7. The molecule has 0 saturated heterocycles. The summed E-state index contributed by atoms with van der Waals surface area (Å²) in [7, 11) is 3.31. The molecule has 0 aromatic heterocycles. The minimum absolute atomic E-state index is 0.266. The van der Waals surface area contributed by atoms with E-state index in [-0.39, 0.29) is 6.04 Å². The number of hydrogen-bond acceptors (Lipinski definition) is 5. The summed E-state index contributed by atoms with van der Waals surface area (Å²) < 4.78 is 10.5. The summed E-state index contributed by atoms with van der Waals surface area (Å²) in [5.41, 5.74) is 12.8. The van der Waals surface area contributed by atoms with Gasteiger partial charge >= 0.3 is 0 Å². The molecule has 1 unspecified atom stereocenters. The minimum atomic E-state index is 0.266. The summed E-state index contributed by atoms with van der Waals surface area (Å²) in [4.78, 5) is 0. The molecule has 4 N–H and O–H groups in total. The summed E-state index contributed by atoms with van der Waals surface area (Å²) >= 11 is 0. The molecule has 1 aromatic rings. The SMILES string of the molecule is COc1cc(CCC2C=C(N)NN2)cc(OC)c1. The molecule has 0 aliphatic carbocycles. The Labute approximate surface area is 107 Å². The molecule has 98 valence electrons. The molecule has 0 amide bonds. The van der Waals surface area contributed by atoms with Gasteiger partial charge in [-0.15, -0.1) is 0 Å². The number of rotatable bonds is 5. The van der Waals surface area contributed by atoms with Gasteiger partial charge in [0, 0.05) is 12.1 Å². The normalized spacial score (nSPS) is 18.1. The lowest BCUT2D eigenvalue weighted by Crippen LogP contribution is -2.33. The average Bonchev–Trinajstić information content (AvgIpc) is 2.81. The van der Waals surface area contributed by atoms with Crippen molar-refractivity contribution in [1.29, 1.82) is 0 Å². The van der Waals surface area contributed by atoms with Crippen molar-refractivity contribution in [2.75, 3.05) is 14.2 Å². The van der Waals surface area contributed by atoms with E-state index >= 15 is 0 Å². The average molecular weight is 249 g/mol. The number of hydrazine groups is 1. The van der Waals surface area contributed by atoms with Crippen LogP contribution >= 0.6 is 0 Å². The number of aryl methyl sites for hydroxylation is 1. The highest BCUT2D eigenvalue weighted by Gasteiger charge is 2.12. The maximum Gasteiger partial charge on any atom is 0.122 e. The Morgan fingerprint density at radius 1 is 1.17 bits per heavy atom. The molecule has 1 aliphatic heterocycles. The number of methoxy groups -OCH3 is 2. The van der Waals surface area contributed by atoms with Crippen LogP contribution in [0, 0.1) is 0 Å². The second-order valence-corrected chi connectivity index (χ2v) is 4.26. The van der Waals surface area contributed by atoms with Crippen molar-refractivity contribution < 1.29 is 9.47 Å². The van der Waals surface area contributed by atoms with Crippen LogP contribution in [-0.2, 0) is 6.42 Å². The van der Waals surface area contributed by atoms with Crippen LogP contribution in [-0.4, -0.2) is 20.3 Å². The molecule has 0 radical (unpaired) electrons. The topological polar surface area (TPSA) is 68.5 Å². The van der Waals surface area contributed by atoms with Crippen molar-refractivity contribution in [2.24, 2.45) is 5.73 Å². The Hall–Kier alpha value is -1.88. The molecular formula is C13H19N3O2. The van der Waals surface area contributed by atoms with Gasteiger partial charge in [-0.2, -0.15) is 0 Å². The van der Waals surface area contributed by atoms with Gasteiger partial charge in [0.1, 0.15) is 17.3 Å². The third-order valence-corrected chi connectivity index (χ3v) is 2.94. The first-order valence-corrected chi connectivity index (χ1v) is 5.92. The van der Waals surface area contributed by atoms with Gasteiger partial charge in [-0.25, -0.2) is 5.43 Å². The smallest absolute Gasteiger partial charge is 0.122 e. The lowest BCUT2D eigenvalue weighted by Gasteiger charge is -2.11. The Morgan fingerprint density at radius 3 is 2.33 bits per heavy atom. The van der Waals surface area contributed by atoms with E-state index in [9.17, 15) is 0 Å². The summed E-state index contributed by atoms with van der Waals surface area (Å²) in [5, 5.41) is 0. The van der Waals surface area contributed by atoms with Crippen LogP contribution < -0.4 is 26.1 Å². The second-order valence-electron chi connectivity index (χ2n) is 4.26. The molecule has 1 aromatic carbocycles. The van der Waals surface area contributed by atoms with E-state index in [4.69, 9.17) is 15.2 Å². The van der Waals surface area contributed by atoms with Gasteiger partial charge in [0.25, 0.3) is 0 Å². The Kier molecular flexibility index (Phi) is 3.94. The number of nitrogens with one attached hydrogen (secondary N) is 2. The molecule has 0 saturated carbocycles. The van der Waals surface area contributed by atoms with Crippen LogP contribution in [0.3, 0.4) is 0 Å². The number of nitrogens with two attached hydrogens (primary N) is 1. The Bertz CT molecular complexity index is 424. The summed E-state index contributed by atoms with van der Waals surface area (Å²) in [6.45, 7) is 0. The van der Waals surface area contributed by atoms with E-state index < -0.39 is 0 Å². The molecule has 5 nitrogen and oxygen atoms in total. The van der Waals surface area contributed by atoms with E-state index in [0.717, 1.165) is 24.3 Å². The van der Waals surface area contributed by atoms with Crippen LogP contribution in [0.4, 0.5) is 0 Å². The maximum absolute atomic E-state index is 5.63. The van der Waals surface area contributed by atoms with Crippen LogP contribution in [0.5, 0.6) is 11.5 Å². The van der Waals surface area contributed by atoms with Crippen molar-refractivity contribution in [1.82, 2.24) is 10.9 Å². The third kappa shape index (κ3) is 3.07. The van der Waals surface area contributed by atoms with E-state index in [1.165, 1.54) is 5.56 Å². The highest BCUT2D eigenvalue weighted by atomic mass is 16.5. The van der Waals surface area contributed by atoms with Crippen molar-refractivity contribution in [2.45, 2.75) is 18.9 Å². The Morgan fingerprint density at radius 2 is 1.83 bits per heavy atom. The van der Waals surface area contributed by atoms with Gasteiger partial charge in [-0.05, 0) is 36.6 Å². The fraction of sp³-hybridized carbons (Fsp3) is 0.385. The largest absolute Gasteiger partial charge is 0.497 e. The molecule has 1 heterocycles. The zero-order chi connectivity index (χ0) is 13.0. The van der Waals surface area contributed by atoms with Crippen molar-refractivity contribution in [3.8, 4) is 11.5 Å². The number of benzene rings is 1. The predicted molar refractivity (Wildman–Crippen MR) is 70.2 cm³/mol. The summed E-state index contributed by atoms with van der Waals surface area (Å²) in [6, 6.07) is 6.19. The molecule has 2 rings (SSSR count). The van der Waals surface area contributed by atoms with Gasteiger partial charge in [-0.3, -0.25) is 0 Å². The van der Waals surface area contributed by atoms with E-state index in [1.54, 1.807) is 14.2 Å². The fourth-order valence-corrected chi connectivity index (χ4v) is 1.96. The van der Waals surface area contributed by atoms with Crippen molar-refractivity contribution in [3.63, 3.8) is 0 Å². The summed E-state index contributed by atoms with van der Waals surface area (Å²) in [6.07, 6.45) is 3.87. The van der Waals surface area contributed by atoms with E-state index in [2.05, 4.69) is 10.9 Å². The minimum Gasteiger partial charge on any atom is -0.497 e.